The van der Waals surface area contributed by atoms with Crippen molar-refractivity contribution in [2.24, 2.45) is 0 Å². The molecule has 1 aliphatic rings. The molecule has 0 amide bonds. The summed E-state index contributed by atoms with van der Waals surface area (Å²) in [5.74, 6) is 0. The van der Waals surface area contributed by atoms with Gasteiger partial charge >= 0.3 is 0 Å². The minimum atomic E-state index is 0.280. The van der Waals surface area contributed by atoms with Crippen LogP contribution in [0.3, 0.4) is 0 Å². The summed E-state index contributed by atoms with van der Waals surface area (Å²) in [5, 5.41) is 3.55. The molecule has 2 rings (SSSR count). The van der Waals surface area contributed by atoms with Crippen molar-refractivity contribution < 1.29 is 4.74 Å². The van der Waals surface area contributed by atoms with Gasteiger partial charge in [-0.05, 0) is 49.1 Å². The van der Waals surface area contributed by atoms with E-state index >= 15 is 0 Å². The highest BCUT2D eigenvalue weighted by Gasteiger charge is 2.18. The molecule has 0 saturated heterocycles. The van der Waals surface area contributed by atoms with Crippen LogP contribution in [0.5, 0.6) is 0 Å². The van der Waals surface area contributed by atoms with Crippen LogP contribution in [0.4, 0.5) is 0 Å². The molecule has 1 unspecified atom stereocenters. The third kappa shape index (κ3) is 3.15. The fraction of sp³-hybridized carbons (Fsp3) is 0.467. The van der Waals surface area contributed by atoms with E-state index in [1.807, 2.05) is 6.26 Å². The minimum Gasteiger partial charge on any atom is -0.501 e. The first kappa shape index (κ1) is 13.6. The van der Waals surface area contributed by atoms with Gasteiger partial charge in [0.25, 0.3) is 0 Å². The number of benzene rings is 1. The first-order valence-corrected chi connectivity index (χ1v) is 7.31. The van der Waals surface area contributed by atoms with Crippen LogP contribution in [0.15, 0.2) is 34.5 Å². The molecule has 1 N–H and O–H groups in total. The highest BCUT2D eigenvalue weighted by Crippen LogP contribution is 2.29. The molecule has 0 aromatic heterocycles. The fourth-order valence-electron chi connectivity index (χ4n) is 2.31. The van der Waals surface area contributed by atoms with Crippen LogP contribution in [0.1, 0.15) is 36.9 Å². The Morgan fingerprint density at radius 3 is 2.89 bits per heavy atom. The maximum Gasteiger partial charge on any atom is 0.0876 e. The number of nitrogens with one attached hydrogen (secondary N) is 1. The first-order valence-electron chi connectivity index (χ1n) is 6.52. The second kappa shape index (κ2) is 6.39. The van der Waals surface area contributed by atoms with Crippen LogP contribution in [-0.4, -0.2) is 13.2 Å². The van der Waals surface area contributed by atoms with Crippen molar-refractivity contribution in [3.63, 3.8) is 0 Å². The lowest BCUT2D eigenvalue weighted by atomic mass is 9.94. The summed E-state index contributed by atoms with van der Waals surface area (Å²) in [5.41, 5.74) is 3.94. The van der Waals surface area contributed by atoms with Crippen molar-refractivity contribution in [1.29, 1.82) is 0 Å². The SMILES string of the molecule is CCNC(C1=COCCC1)c1ccc(Br)c(C)c1. The third-order valence-electron chi connectivity index (χ3n) is 3.26. The maximum absolute atomic E-state index is 5.47. The molecule has 1 atom stereocenters. The molecule has 0 radical (unpaired) electrons. The highest BCUT2D eigenvalue weighted by atomic mass is 79.9. The summed E-state index contributed by atoms with van der Waals surface area (Å²) >= 11 is 3.55. The van der Waals surface area contributed by atoms with Gasteiger partial charge in [-0.3, -0.25) is 0 Å². The predicted octanol–water partition coefficient (Wildman–Crippen LogP) is 4.10. The van der Waals surface area contributed by atoms with Gasteiger partial charge in [-0.15, -0.1) is 0 Å². The van der Waals surface area contributed by atoms with E-state index in [0.29, 0.717) is 0 Å². The molecule has 1 heterocycles. The number of likely N-dealkylation sites (N-methyl/N-ethyl adjacent to an activating group) is 1. The molecular formula is C15H20BrNO. The van der Waals surface area contributed by atoms with Crippen LogP contribution < -0.4 is 5.32 Å². The van der Waals surface area contributed by atoms with Crippen LogP contribution in [0.25, 0.3) is 0 Å². The van der Waals surface area contributed by atoms with Gasteiger partial charge in [0, 0.05) is 4.47 Å². The molecule has 0 fully saturated rings. The Bertz CT molecular complexity index is 442. The average molecular weight is 310 g/mol. The van der Waals surface area contributed by atoms with E-state index in [1.54, 1.807) is 0 Å². The average Bonchev–Trinajstić information content (AvgIpc) is 2.40. The molecule has 18 heavy (non-hydrogen) atoms. The Morgan fingerprint density at radius 1 is 1.44 bits per heavy atom. The second-order valence-corrected chi connectivity index (χ2v) is 5.52. The normalized spacial score (nSPS) is 16.9. The number of aryl methyl sites for hydroxylation is 1. The fourth-order valence-corrected chi connectivity index (χ4v) is 2.56. The second-order valence-electron chi connectivity index (χ2n) is 4.67. The molecule has 0 bridgehead atoms. The van der Waals surface area contributed by atoms with E-state index in [-0.39, 0.29) is 6.04 Å². The summed E-state index contributed by atoms with van der Waals surface area (Å²) in [7, 11) is 0. The van der Waals surface area contributed by atoms with Crippen molar-refractivity contribution >= 4 is 15.9 Å². The molecule has 0 saturated carbocycles. The van der Waals surface area contributed by atoms with Gasteiger partial charge in [-0.1, -0.05) is 35.0 Å². The van der Waals surface area contributed by atoms with Crippen molar-refractivity contribution in [3.8, 4) is 0 Å². The summed E-state index contributed by atoms with van der Waals surface area (Å²) in [4.78, 5) is 0. The Labute approximate surface area is 118 Å². The molecular weight excluding hydrogens is 290 g/mol. The van der Waals surface area contributed by atoms with Crippen molar-refractivity contribution in [2.75, 3.05) is 13.2 Å². The Hall–Kier alpha value is -0.800. The molecule has 0 aliphatic carbocycles. The molecule has 3 heteroatoms. The summed E-state index contributed by atoms with van der Waals surface area (Å²) in [6.07, 6.45) is 4.17. The van der Waals surface area contributed by atoms with Gasteiger partial charge in [0.1, 0.15) is 0 Å². The van der Waals surface area contributed by atoms with Crippen molar-refractivity contribution in [2.45, 2.75) is 32.7 Å². The smallest absolute Gasteiger partial charge is 0.0876 e. The van der Waals surface area contributed by atoms with Gasteiger partial charge in [0.2, 0.25) is 0 Å². The Kier molecular flexibility index (Phi) is 4.84. The summed E-state index contributed by atoms with van der Waals surface area (Å²) in [6, 6.07) is 6.83. The molecule has 1 aromatic rings. The lowest BCUT2D eigenvalue weighted by molar-refractivity contribution is 0.219. The Balaban J connectivity index is 2.28. The molecule has 0 spiro atoms. The van der Waals surface area contributed by atoms with Gasteiger partial charge < -0.3 is 10.1 Å². The van der Waals surface area contributed by atoms with Crippen molar-refractivity contribution in [1.82, 2.24) is 5.32 Å². The zero-order chi connectivity index (χ0) is 13.0. The minimum absolute atomic E-state index is 0.280. The van der Waals surface area contributed by atoms with E-state index < -0.39 is 0 Å². The van der Waals surface area contributed by atoms with Crippen LogP contribution in [0.2, 0.25) is 0 Å². The van der Waals surface area contributed by atoms with E-state index in [4.69, 9.17) is 4.74 Å². The van der Waals surface area contributed by atoms with Crippen LogP contribution >= 0.6 is 15.9 Å². The van der Waals surface area contributed by atoms with E-state index in [1.165, 1.54) is 16.7 Å². The van der Waals surface area contributed by atoms with Gasteiger partial charge in [-0.2, -0.15) is 0 Å². The molecule has 1 aliphatic heterocycles. The van der Waals surface area contributed by atoms with Gasteiger partial charge in [0.15, 0.2) is 0 Å². The predicted molar refractivity (Wildman–Crippen MR) is 78.6 cm³/mol. The quantitative estimate of drug-likeness (QED) is 0.904. The largest absolute Gasteiger partial charge is 0.501 e. The zero-order valence-electron chi connectivity index (χ0n) is 11.0. The molecule has 2 nitrogen and oxygen atoms in total. The highest BCUT2D eigenvalue weighted by molar-refractivity contribution is 9.10. The Morgan fingerprint density at radius 2 is 2.28 bits per heavy atom. The van der Waals surface area contributed by atoms with Crippen LogP contribution in [-0.2, 0) is 4.74 Å². The van der Waals surface area contributed by atoms with Crippen molar-refractivity contribution in [3.05, 3.63) is 45.6 Å². The zero-order valence-corrected chi connectivity index (χ0v) is 12.6. The molecule has 1 aromatic carbocycles. The third-order valence-corrected chi connectivity index (χ3v) is 4.15. The summed E-state index contributed by atoms with van der Waals surface area (Å²) < 4.78 is 6.64. The first-order chi connectivity index (χ1) is 8.72. The van der Waals surface area contributed by atoms with Crippen LogP contribution in [0, 0.1) is 6.92 Å². The number of ether oxygens (including phenoxy) is 1. The monoisotopic (exact) mass is 309 g/mol. The standard InChI is InChI=1S/C15H20BrNO/c1-3-17-15(13-5-4-8-18-10-13)12-6-7-14(16)11(2)9-12/h6-7,9-10,15,17H,3-5,8H2,1-2H3. The lowest BCUT2D eigenvalue weighted by Gasteiger charge is -2.24. The number of rotatable bonds is 4. The summed E-state index contributed by atoms with van der Waals surface area (Å²) in [6.45, 7) is 6.07. The number of hydrogen-bond donors (Lipinski definition) is 1. The topological polar surface area (TPSA) is 21.3 Å². The maximum atomic E-state index is 5.47. The lowest BCUT2D eigenvalue weighted by Crippen LogP contribution is -2.24. The molecule has 98 valence electrons. The number of hydrogen-bond acceptors (Lipinski definition) is 2. The van der Waals surface area contributed by atoms with E-state index in [9.17, 15) is 0 Å². The van der Waals surface area contributed by atoms with E-state index in [2.05, 4.69) is 53.3 Å². The van der Waals surface area contributed by atoms with Gasteiger partial charge in [-0.25, -0.2) is 0 Å². The van der Waals surface area contributed by atoms with E-state index in [0.717, 1.165) is 30.5 Å². The van der Waals surface area contributed by atoms with Gasteiger partial charge in [0.05, 0.1) is 18.9 Å². The number of halogens is 1.